The monoisotopic (exact) mass is 137 g/mol. The van der Waals surface area contributed by atoms with Crippen molar-refractivity contribution in [2.75, 3.05) is 6.54 Å². The van der Waals surface area contributed by atoms with Crippen molar-refractivity contribution in [3.63, 3.8) is 0 Å². The number of nitriles is 1. The van der Waals surface area contributed by atoms with Crippen molar-refractivity contribution in [2.45, 2.75) is 38.1 Å². The molecule has 0 atom stereocenters. The van der Waals surface area contributed by atoms with E-state index in [-0.39, 0.29) is 0 Å². The summed E-state index contributed by atoms with van der Waals surface area (Å²) < 4.78 is 0. The smallest absolute Gasteiger partial charge is 0.101 e. The maximum Gasteiger partial charge on any atom is 0.101 e. The molecule has 1 rings (SSSR count). The molecule has 0 spiro atoms. The minimum atomic E-state index is 0.394. The van der Waals surface area contributed by atoms with Crippen molar-refractivity contribution in [1.82, 2.24) is 5.32 Å². The molecule has 2 heteroatoms. The molecule has 0 aliphatic heterocycles. The molecule has 0 amide bonds. The Bertz CT molecular complexity index is 120. The molecule has 1 fully saturated rings. The summed E-state index contributed by atoms with van der Waals surface area (Å²) in [6.07, 6.45) is 6.39. The van der Waals surface area contributed by atoms with Gasteiger partial charge in [-0.05, 0) is 12.8 Å². The van der Waals surface area contributed by atoms with Crippen molar-refractivity contribution < 1.29 is 0 Å². The number of rotatable bonds is 2. The fraction of sp³-hybridized carbons (Fsp3) is 0.875. The van der Waals surface area contributed by atoms with Crippen LogP contribution >= 0.6 is 0 Å². The highest BCUT2D eigenvalue weighted by Crippen LogP contribution is 2.17. The van der Waals surface area contributed by atoms with Crippen LogP contribution in [0.4, 0.5) is 0 Å². The molecule has 55 valence electrons. The van der Waals surface area contributed by atoms with Gasteiger partial charge < -0.3 is 0 Å². The molecule has 1 radical (unpaired) electrons. The summed E-state index contributed by atoms with van der Waals surface area (Å²) in [4.78, 5) is 0. The first-order valence-corrected chi connectivity index (χ1v) is 3.97. The lowest BCUT2D eigenvalue weighted by Crippen LogP contribution is -2.24. The highest BCUT2D eigenvalue weighted by atomic mass is 14.9. The summed E-state index contributed by atoms with van der Waals surface area (Å²) in [7, 11) is 0. The lowest BCUT2D eigenvalue weighted by atomic mass is 9.96. The van der Waals surface area contributed by atoms with Gasteiger partial charge >= 0.3 is 0 Å². The van der Waals surface area contributed by atoms with E-state index in [0.717, 1.165) is 0 Å². The second-order valence-electron chi connectivity index (χ2n) is 2.79. The van der Waals surface area contributed by atoms with Crippen LogP contribution in [0.15, 0.2) is 0 Å². The van der Waals surface area contributed by atoms with E-state index in [1.54, 1.807) is 0 Å². The molecule has 0 aromatic heterocycles. The van der Waals surface area contributed by atoms with Gasteiger partial charge in [0.25, 0.3) is 0 Å². The maximum atomic E-state index is 8.25. The topological polar surface area (TPSA) is 37.9 Å². The van der Waals surface area contributed by atoms with E-state index in [4.69, 9.17) is 5.26 Å². The van der Waals surface area contributed by atoms with E-state index in [9.17, 15) is 0 Å². The predicted octanol–water partition coefficient (Wildman–Crippen LogP) is 1.45. The van der Waals surface area contributed by atoms with Gasteiger partial charge in [-0.3, -0.25) is 0 Å². The summed E-state index contributed by atoms with van der Waals surface area (Å²) in [5.41, 5.74) is 0. The van der Waals surface area contributed by atoms with Crippen LogP contribution in [0.2, 0.25) is 0 Å². The lowest BCUT2D eigenvalue weighted by molar-refractivity contribution is 0.380. The van der Waals surface area contributed by atoms with E-state index in [2.05, 4.69) is 5.32 Å². The lowest BCUT2D eigenvalue weighted by Gasteiger charge is -2.19. The number of hydrogen-bond donors (Lipinski definition) is 0. The summed E-state index contributed by atoms with van der Waals surface area (Å²) in [5.74, 6) is 0. The minimum Gasteiger partial charge on any atom is -0.223 e. The van der Waals surface area contributed by atoms with Gasteiger partial charge in [-0.1, -0.05) is 19.3 Å². The quantitative estimate of drug-likeness (QED) is 0.531. The van der Waals surface area contributed by atoms with Crippen LogP contribution in [0.5, 0.6) is 0 Å². The zero-order chi connectivity index (χ0) is 7.23. The molecule has 1 aliphatic rings. The SMILES string of the molecule is N#CC[N]C1CCCCC1. The third-order valence-corrected chi connectivity index (χ3v) is 1.99. The Morgan fingerprint density at radius 2 is 2.00 bits per heavy atom. The van der Waals surface area contributed by atoms with E-state index < -0.39 is 0 Å². The number of hydrogen-bond acceptors (Lipinski definition) is 1. The van der Waals surface area contributed by atoms with Crippen LogP contribution < -0.4 is 5.32 Å². The first-order chi connectivity index (χ1) is 4.93. The molecule has 0 saturated heterocycles. The molecule has 0 unspecified atom stereocenters. The molecule has 0 heterocycles. The van der Waals surface area contributed by atoms with Crippen LogP contribution in [0.1, 0.15) is 32.1 Å². The minimum absolute atomic E-state index is 0.394. The van der Waals surface area contributed by atoms with E-state index in [0.29, 0.717) is 12.6 Å². The van der Waals surface area contributed by atoms with E-state index >= 15 is 0 Å². The Kier molecular flexibility index (Phi) is 3.25. The fourth-order valence-corrected chi connectivity index (χ4v) is 1.43. The normalized spacial score (nSPS) is 20.3. The van der Waals surface area contributed by atoms with E-state index in [1.165, 1.54) is 32.1 Å². The Balaban J connectivity index is 2.09. The molecule has 1 saturated carbocycles. The first kappa shape index (κ1) is 7.56. The van der Waals surface area contributed by atoms with Gasteiger partial charge in [0.1, 0.15) is 6.54 Å². The Morgan fingerprint density at radius 1 is 1.30 bits per heavy atom. The van der Waals surface area contributed by atoms with E-state index in [1.807, 2.05) is 6.07 Å². The average Bonchev–Trinajstić information content (AvgIpc) is 2.03. The fourth-order valence-electron chi connectivity index (χ4n) is 1.43. The Morgan fingerprint density at radius 3 is 2.60 bits per heavy atom. The van der Waals surface area contributed by atoms with Gasteiger partial charge in [-0.2, -0.15) is 5.26 Å². The predicted molar refractivity (Wildman–Crippen MR) is 39.5 cm³/mol. The molecular weight excluding hydrogens is 124 g/mol. The third-order valence-electron chi connectivity index (χ3n) is 1.99. The van der Waals surface area contributed by atoms with Gasteiger partial charge in [0.2, 0.25) is 0 Å². The Hall–Kier alpha value is -0.550. The number of nitrogens with zero attached hydrogens (tertiary/aromatic N) is 2. The van der Waals surface area contributed by atoms with Gasteiger partial charge in [-0.25, -0.2) is 5.32 Å². The van der Waals surface area contributed by atoms with Crippen LogP contribution in [0.3, 0.4) is 0 Å². The van der Waals surface area contributed by atoms with Crippen molar-refractivity contribution in [1.29, 1.82) is 5.26 Å². The summed E-state index contributed by atoms with van der Waals surface area (Å²) in [6, 6.07) is 2.56. The summed E-state index contributed by atoms with van der Waals surface area (Å²) in [5, 5.41) is 12.5. The zero-order valence-electron chi connectivity index (χ0n) is 6.21. The highest BCUT2D eigenvalue weighted by molar-refractivity contribution is 4.78. The van der Waals surface area contributed by atoms with Crippen LogP contribution in [-0.2, 0) is 0 Å². The molecule has 0 N–H and O–H groups in total. The Labute approximate surface area is 62.2 Å². The van der Waals surface area contributed by atoms with Crippen LogP contribution in [-0.4, -0.2) is 12.6 Å². The van der Waals surface area contributed by atoms with Crippen LogP contribution in [0.25, 0.3) is 0 Å². The largest absolute Gasteiger partial charge is 0.223 e. The third kappa shape index (κ3) is 2.36. The molecule has 2 nitrogen and oxygen atoms in total. The molecule has 0 aromatic carbocycles. The van der Waals surface area contributed by atoms with Crippen molar-refractivity contribution in [3.05, 3.63) is 0 Å². The van der Waals surface area contributed by atoms with Gasteiger partial charge in [0.05, 0.1) is 6.07 Å². The highest BCUT2D eigenvalue weighted by Gasteiger charge is 2.12. The average molecular weight is 137 g/mol. The first-order valence-electron chi connectivity index (χ1n) is 3.97. The van der Waals surface area contributed by atoms with Gasteiger partial charge in [0, 0.05) is 6.04 Å². The van der Waals surface area contributed by atoms with Crippen molar-refractivity contribution in [3.8, 4) is 6.07 Å². The molecular formula is C8H13N2. The van der Waals surface area contributed by atoms with Crippen molar-refractivity contribution >= 4 is 0 Å². The molecule has 0 aromatic rings. The zero-order valence-corrected chi connectivity index (χ0v) is 6.21. The van der Waals surface area contributed by atoms with Crippen LogP contribution in [0, 0.1) is 11.3 Å². The standard InChI is InChI=1S/C8H13N2/c9-6-7-10-8-4-2-1-3-5-8/h8H,1-5,7H2. The molecule has 10 heavy (non-hydrogen) atoms. The summed E-state index contributed by atoms with van der Waals surface area (Å²) >= 11 is 0. The van der Waals surface area contributed by atoms with Gasteiger partial charge in [-0.15, -0.1) is 0 Å². The second kappa shape index (κ2) is 4.29. The van der Waals surface area contributed by atoms with Gasteiger partial charge in [0.15, 0.2) is 0 Å². The van der Waals surface area contributed by atoms with Crippen molar-refractivity contribution in [2.24, 2.45) is 0 Å². The second-order valence-corrected chi connectivity index (χ2v) is 2.79. The summed E-state index contributed by atoms with van der Waals surface area (Å²) in [6.45, 7) is 0.394. The molecule has 1 aliphatic carbocycles. The maximum absolute atomic E-state index is 8.25. The molecule has 0 bridgehead atoms.